The van der Waals surface area contributed by atoms with E-state index in [1.165, 1.54) is 0 Å². The number of piperidine rings is 1. The number of likely N-dealkylation sites (tertiary alicyclic amines) is 2. The van der Waals surface area contributed by atoms with Crippen LogP contribution in [0.4, 0.5) is 0 Å². The molecule has 3 saturated heterocycles. The maximum Gasteiger partial charge on any atom is 0.304 e. The van der Waals surface area contributed by atoms with Crippen LogP contribution >= 0.6 is 0 Å². The molecule has 6 aliphatic rings. The molecule has 6 rings (SSSR count). The van der Waals surface area contributed by atoms with E-state index in [-0.39, 0.29) is 84.1 Å². The molecule has 14 heteroatoms. The van der Waals surface area contributed by atoms with Crippen molar-refractivity contribution in [3.63, 3.8) is 0 Å². The Morgan fingerprint density at radius 1 is 0.883 bits per heavy atom. The molecule has 13 nitrogen and oxygen atoms in total. The maximum atomic E-state index is 15.3. The summed E-state index contributed by atoms with van der Waals surface area (Å²) in [5, 5.41) is 12.9. The summed E-state index contributed by atoms with van der Waals surface area (Å²) in [6.07, 6.45) is 8.77. The molecule has 8 atom stereocenters. The van der Waals surface area contributed by atoms with Gasteiger partial charge in [0.1, 0.15) is 0 Å². The van der Waals surface area contributed by atoms with Crippen LogP contribution in [-0.4, -0.2) is 113 Å². The van der Waals surface area contributed by atoms with Gasteiger partial charge in [0.25, 0.3) is 0 Å². The fourth-order valence-electron chi connectivity index (χ4n) is 12.5. The molecule has 3 amide bonds. The van der Waals surface area contributed by atoms with Gasteiger partial charge >= 0.3 is 10.2 Å². The molecular formula is C46H75N5O8S. The van der Waals surface area contributed by atoms with E-state index in [4.69, 9.17) is 0 Å². The first-order valence-electron chi connectivity index (χ1n) is 22.7. The fourth-order valence-corrected chi connectivity index (χ4v) is 14.0. The lowest BCUT2D eigenvalue weighted by Crippen LogP contribution is -2.58. The smallest absolute Gasteiger partial charge is 0.304 e. The molecule has 3 unspecified atom stereocenters. The molecule has 0 aromatic heterocycles. The lowest BCUT2D eigenvalue weighted by Gasteiger charge is -2.40. The van der Waals surface area contributed by atoms with Gasteiger partial charge in [0.05, 0.1) is 30.1 Å². The molecule has 3 N–H and O–H groups in total. The van der Waals surface area contributed by atoms with Gasteiger partial charge in [0, 0.05) is 49.3 Å². The van der Waals surface area contributed by atoms with Crippen molar-refractivity contribution >= 4 is 39.5 Å². The van der Waals surface area contributed by atoms with Crippen LogP contribution in [0.1, 0.15) is 146 Å². The first kappa shape index (κ1) is 46.8. The largest absolute Gasteiger partial charge is 0.395 e. The Hall–Kier alpha value is -2.68. The third kappa shape index (κ3) is 7.84. The number of aliphatic hydroxyl groups excluding tert-OH is 1. The second kappa shape index (κ2) is 16.1. The zero-order valence-corrected chi connectivity index (χ0v) is 39.0. The first-order chi connectivity index (χ1) is 27.7. The van der Waals surface area contributed by atoms with Gasteiger partial charge in [-0.25, -0.2) is 4.72 Å². The number of fused-ring (bicyclic) bond motifs is 1. The SMILES string of the molecule is C=CC1CC1(CC(=O)[C@@H]1C[C@@]2(CN1C(=O)[C@@H](CC(=O)[C@@H](NC(=O)C1CCCCN1C(C)C)C(C)(C)C)C(C)(C)C)C(C)(C)C21CCC1)C(=O)NS(=O)(=O)N1CCC[C@H]1CO. The van der Waals surface area contributed by atoms with E-state index in [9.17, 15) is 32.7 Å². The number of hydrogen-bond donors (Lipinski definition) is 3. The predicted molar refractivity (Wildman–Crippen MR) is 230 cm³/mol. The average molecular weight is 858 g/mol. The summed E-state index contributed by atoms with van der Waals surface area (Å²) in [6.45, 7) is 25.2. The van der Waals surface area contributed by atoms with Crippen molar-refractivity contribution in [3.8, 4) is 0 Å². The van der Waals surface area contributed by atoms with E-state index < -0.39 is 62.3 Å². The highest BCUT2D eigenvalue weighted by Crippen LogP contribution is 2.88. The quantitative estimate of drug-likeness (QED) is 0.188. The van der Waals surface area contributed by atoms with Crippen molar-refractivity contribution in [3.05, 3.63) is 12.7 Å². The van der Waals surface area contributed by atoms with Crippen molar-refractivity contribution in [1.82, 2.24) is 24.1 Å². The number of nitrogens with zero attached hydrogens (tertiary/aromatic N) is 3. The summed E-state index contributed by atoms with van der Waals surface area (Å²) in [6, 6.07) is -2.47. The molecule has 3 saturated carbocycles. The standard InChI is InChI=1S/C46H75N5O8S/c1-12-30-24-44(30,40(57)48-60(58,59)51-22-15-17-31(51)27-52)26-36(54)34-25-46(43(10,11)45(46)19-16-20-45)28-50(34)39(56)32(41(4,5)6)23-35(53)37(42(7,8)9)47-38(55)33-18-13-14-21-49(33)29(2)3/h12,29-34,37,52H,1,13-28H2,2-11H3,(H,47,55)(H,48,57)/t30?,31-,32+,33?,34-,37+,44?,46+/m0/s1. The average Bonchev–Trinajstić information content (AvgIpc) is 3.64. The lowest BCUT2D eigenvalue weighted by atomic mass is 9.73. The topological polar surface area (TPSA) is 174 Å². The Morgan fingerprint density at radius 3 is 2.07 bits per heavy atom. The number of rotatable bonds is 15. The first-order valence-corrected chi connectivity index (χ1v) is 24.2. The molecule has 3 heterocycles. The van der Waals surface area contributed by atoms with Crippen LogP contribution in [0.5, 0.6) is 0 Å². The van der Waals surface area contributed by atoms with Gasteiger partial charge in [-0.2, -0.15) is 12.7 Å². The van der Waals surface area contributed by atoms with Crippen molar-refractivity contribution < 1.29 is 37.5 Å². The second-order valence-electron chi connectivity index (χ2n) is 22.4. The molecule has 60 heavy (non-hydrogen) atoms. The van der Waals surface area contributed by atoms with Gasteiger partial charge in [-0.05, 0) is 99.3 Å². The summed E-state index contributed by atoms with van der Waals surface area (Å²) in [5.41, 5.74) is -3.09. The summed E-state index contributed by atoms with van der Waals surface area (Å²) < 4.78 is 30.3. The van der Waals surface area contributed by atoms with Crippen LogP contribution in [0.3, 0.4) is 0 Å². The molecular weight excluding hydrogens is 783 g/mol. The lowest BCUT2D eigenvalue weighted by molar-refractivity contribution is -0.147. The Kier molecular flexibility index (Phi) is 12.6. The van der Waals surface area contributed by atoms with Crippen LogP contribution in [0.2, 0.25) is 0 Å². The molecule has 6 fully saturated rings. The highest BCUT2D eigenvalue weighted by atomic mass is 32.2. The number of amides is 3. The molecule has 3 aliphatic carbocycles. The number of Topliss-reactive ketones (excluding diaryl/α,β-unsaturated/α-hetero) is 2. The van der Waals surface area contributed by atoms with Crippen molar-refractivity contribution in [2.24, 2.45) is 44.3 Å². The Labute approximate surface area is 359 Å². The van der Waals surface area contributed by atoms with E-state index in [2.05, 4.69) is 49.2 Å². The van der Waals surface area contributed by atoms with Crippen LogP contribution < -0.4 is 10.0 Å². The highest BCUT2D eigenvalue weighted by molar-refractivity contribution is 7.87. The molecule has 2 spiro atoms. The summed E-state index contributed by atoms with van der Waals surface area (Å²) in [4.78, 5) is 76.7. The van der Waals surface area contributed by atoms with Crippen LogP contribution in [0.25, 0.3) is 0 Å². The summed E-state index contributed by atoms with van der Waals surface area (Å²) in [5.74, 6) is -2.95. The number of ketones is 2. The Balaban J connectivity index is 1.27. The van der Waals surface area contributed by atoms with Gasteiger partial charge in [0.2, 0.25) is 17.7 Å². The van der Waals surface area contributed by atoms with Gasteiger partial charge in [-0.1, -0.05) is 74.3 Å². The van der Waals surface area contributed by atoms with E-state index >= 15 is 4.79 Å². The van der Waals surface area contributed by atoms with Crippen LogP contribution in [0, 0.1) is 44.3 Å². The molecule has 0 aromatic rings. The summed E-state index contributed by atoms with van der Waals surface area (Å²) >= 11 is 0. The van der Waals surface area contributed by atoms with Crippen molar-refractivity contribution in [1.29, 1.82) is 0 Å². The number of allylic oxidation sites excluding steroid dienone is 1. The monoisotopic (exact) mass is 858 g/mol. The van der Waals surface area contributed by atoms with Crippen LogP contribution in [0.15, 0.2) is 12.7 Å². The fraction of sp³-hybridized carbons (Fsp3) is 0.848. The Bertz CT molecular complexity index is 1850. The maximum absolute atomic E-state index is 15.3. The van der Waals surface area contributed by atoms with Crippen molar-refractivity contribution in [2.45, 2.75) is 176 Å². The number of carbonyl (C=O) groups excluding carboxylic acids is 5. The minimum atomic E-state index is -4.28. The van der Waals surface area contributed by atoms with Gasteiger partial charge in [0.15, 0.2) is 11.6 Å². The highest BCUT2D eigenvalue weighted by Gasteiger charge is 2.85. The zero-order chi connectivity index (χ0) is 44.6. The normalized spacial score (nSPS) is 32.4. The minimum Gasteiger partial charge on any atom is -0.395 e. The van der Waals surface area contributed by atoms with E-state index in [1.807, 2.05) is 41.5 Å². The minimum absolute atomic E-state index is 0.00342. The van der Waals surface area contributed by atoms with Crippen molar-refractivity contribution in [2.75, 3.05) is 26.2 Å². The van der Waals surface area contributed by atoms with Crippen LogP contribution in [-0.2, 0) is 34.2 Å². The van der Waals surface area contributed by atoms with E-state index in [0.717, 1.165) is 49.4 Å². The number of hydrogen-bond acceptors (Lipinski definition) is 9. The van der Waals surface area contributed by atoms with Gasteiger partial charge in [-0.15, -0.1) is 6.58 Å². The third-order valence-electron chi connectivity index (χ3n) is 16.6. The molecule has 0 bridgehead atoms. The zero-order valence-electron chi connectivity index (χ0n) is 38.2. The number of carbonyl (C=O) groups is 5. The molecule has 0 aromatic carbocycles. The van der Waals surface area contributed by atoms with Gasteiger partial charge in [-0.3, -0.25) is 28.9 Å². The predicted octanol–water partition coefficient (Wildman–Crippen LogP) is 5.17. The third-order valence-corrected chi connectivity index (χ3v) is 18.2. The molecule has 338 valence electrons. The Morgan fingerprint density at radius 2 is 1.55 bits per heavy atom. The number of aliphatic hydroxyl groups is 1. The number of nitrogens with one attached hydrogen (secondary N) is 2. The van der Waals surface area contributed by atoms with Gasteiger partial charge < -0.3 is 15.3 Å². The van der Waals surface area contributed by atoms with E-state index in [1.54, 1.807) is 11.0 Å². The molecule has 3 aliphatic heterocycles. The summed E-state index contributed by atoms with van der Waals surface area (Å²) in [7, 11) is -4.28. The second-order valence-corrected chi connectivity index (χ2v) is 24.1. The molecule has 0 radical (unpaired) electrons. The van der Waals surface area contributed by atoms with E-state index in [0.29, 0.717) is 25.8 Å².